The van der Waals surface area contributed by atoms with E-state index in [-0.39, 0.29) is 11.9 Å². The van der Waals surface area contributed by atoms with Crippen LogP contribution in [0.25, 0.3) is 11.3 Å². The summed E-state index contributed by atoms with van der Waals surface area (Å²) in [6, 6.07) is 8.67. The molecule has 0 saturated heterocycles. The molecule has 0 radical (unpaired) electrons. The summed E-state index contributed by atoms with van der Waals surface area (Å²) in [6.07, 6.45) is 0. The average molecular weight is 244 g/mol. The number of aromatic nitrogens is 1. The lowest BCUT2D eigenvalue weighted by atomic mass is 9.99. The first-order chi connectivity index (χ1) is 8.49. The van der Waals surface area contributed by atoms with Gasteiger partial charge < -0.3 is 10.2 Å². The third kappa shape index (κ3) is 2.40. The van der Waals surface area contributed by atoms with Crippen LogP contribution in [0.2, 0.25) is 0 Å². The fourth-order valence-electron chi connectivity index (χ4n) is 1.97. The molecule has 0 unspecified atom stereocenters. The van der Waals surface area contributed by atoms with Gasteiger partial charge in [-0.3, -0.25) is 0 Å². The highest BCUT2D eigenvalue weighted by atomic mass is 16.4. The minimum absolute atomic E-state index is 0.238. The van der Waals surface area contributed by atoms with Gasteiger partial charge in [0.2, 0.25) is 0 Å². The van der Waals surface area contributed by atoms with E-state index in [0.29, 0.717) is 5.92 Å². The number of nitrogen functional groups attached to an aromatic ring is 1. The summed E-state index contributed by atoms with van der Waals surface area (Å²) in [6.45, 7) is 8.52. The largest absolute Gasteiger partial charge is 0.428 e. The lowest BCUT2D eigenvalue weighted by Crippen LogP contribution is -1.91. The first-order valence-corrected chi connectivity index (χ1v) is 6.35. The number of hydrogen-bond acceptors (Lipinski definition) is 3. The van der Waals surface area contributed by atoms with E-state index in [1.807, 2.05) is 0 Å². The molecule has 1 heterocycles. The highest BCUT2D eigenvalue weighted by molar-refractivity contribution is 5.63. The molecule has 1 aromatic heterocycles. The number of anilines is 1. The number of benzene rings is 1. The van der Waals surface area contributed by atoms with Crippen molar-refractivity contribution in [2.24, 2.45) is 0 Å². The predicted octanol–water partition coefficient (Wildman–Crippen LogP) is 4.17. The molecule has 0 aliphatic rings. The average Bonchev–Trinajstić information content (AvgIpc) is 2.71. The summed E-state index contributed by atoms with van der Waals surface area (Å²) in [7, 11) is 0. The Hall–Kier alpha value is -1.77. The standard InChI is InChI=1S/C15H20N2O/c1-9(2)11-5-7-12(8-6-11)13-14(10(3)4)18-15(16)17-13/h5-10H,1-4H3,(H2,16,17). The lowest BCUT2D eigenvalue weighted by molar-refractivity contribution is 0.500. The zero-order valence-electron chi connectivity index (χ0n) is 11.4. The first-order valence-electron chi connectivity index (χ1n) is 6.35. The van der Waals surface area contributed by atoms with Gasteiger partial charge in [0.05, 0.1) is 0 Å². The zero-order chi connectivity index (χ0) is 13.3. The molecular weight excluding hydrogens is 224 g/mol. The molecule has 1 aromatic carbocycles. The van der Waals surface area contributed by atoms with Crippen LogP contribution in [0.1, 0.15) is 50.9 Å². The topological polar surface area (TPSA) is 52.0 Å². The highest BCUT2D eigenvalue weighted by Gasteiger charge is 2.16. The van der Waals surface area contributed by atoms with Gasteiger partial charge >= 0.3 is 0 Å². The van der Waals surface area contributed by atoms with Gasteiger partial charge in [-0.05, 0) is 11.5 Å². The Labute approximate surface area is 108 Å². The van der Waals surface area contributed by atoms with Crippen LogP contribution < -0.4 is 5.73 Å². The van der Waals surface area contributed by atoms with Crippen molar-refractivity contribution in [2.45, 2.75) is 39.5 Å². The van der Waals surface area contributed by atoms with Crippen LogP contribution in [-0.4, -0.2) is 4.98 Å². The van der Waals surface area contributed by atoms with E-state index in [1.165, 1.54) is 5.56 Å². The van der Waals surface area contributed by atoms with Crippen LogP contribution in [0.3, 0.4) is 0 Å². The molecule has 0 fully saturated rings. The monoisotopic (exact) mass is 244 g/mol. The van der Waals surface area contributed by atoms with Crippen LogP contribution in [0.4, 0.5) is 6.01 Å². The maximum absolute atomic E-state index is 5.65. The number of oxazole rings is 1. The molecule has 3 nitrogen and oxygen atoms in total. The van der Waals surface area contributed by atoms with Crippen molar-refractivity contribution >= 4 is 6.01 Å². The molecule has 18 heavy (non-hydrogen) atoms. The molecule has 0 aliphatic heterocycles. The van der Waals surface area contributed by atoms with Crippen molar-refractivity contribution in [1.29, 1.82) is 0 Å². The number of nitrogens with zero attached hydrogens (tertiary/aromatic N) is 1. The number of hydrogen-bond donors (Lipinski definition) is 1. The molecule has 0 aliphatic carbocycles. The molecule has 0 bridgehead atoms. The van der Waals surface area contributed by atoms with Crippen molar-refractivity contribution in [3.63, 3.8) is 0 Å². The summed E-state index contributed by atoms with van der Waals surface area (Å²) >= 11 is 0. The van der Waals surface area contributed by atoms with E-state index < -0.39 is 0 Å². The molecule has 2 N–H and O–H groups in total. The fraction of sp³-hybridized carbons (Fsp3) is 0.400. The molecule has 0 atom stereocenters. The zero-order valence-corrected chi connectivity index (χ0v) is 11.4. The minimum Gasteiger partial charge on any atom is -0.428 e. The Balaban J connectivity index is 2.42. The van der Waals surface area contributed by atoms with E-state index in [4.69, 9.17) is 10.2 Å². The molecule has 2 aromatic rings. The van der Waals surface area contributed by atoms with Crippen LogP contribution in [0.5, 0.6) is 0 Å². The van der Waals surface area contributed by atoms with Crippen LogP contribution in [0, 0.1) is 0 Å². The Bertz CT molecular complexity index is 524. The van der Waals surface area contributed by atoms with E-state index >= 15 is 0 Å². The van der Waals surface area contributed by atoms with Crippen molar-refractivity contribution in [3.8, 4) is 11.3 Å². The second kappa shape index (κ2) is 4.84. The third-order valence-electron chi connectivity index (χ3n) is 3.05. The second-order valence-electron chi connectivity index (χ2n) is 5.20. The van der Waals surface area contributed by atoms with Crippen molar-refractivity contribution in [3.05, 3.63) is 35.6 Å². The lowest BCUT2D eigenvalue weighted by Gasteiger charge is -2.07. The van der Waals surface area contributed by atoms with E-state index in [2.05, 4.69) is 56.9 Å². The van der Waals surface area contributed by atoms with Gasteiger partial charge in [-0.1, -0.05) is 52.0 Å². The van der Waals surface area contributed by atoms with E-state index in [1.54, 1.807) is 0 Å². The number of nitrogens with two attached hydrogens (primary N) is 1. The number of rotatable bonds is 3. The SMILES string of the molecule is CC(C)c1ccc(-c2nc(N)oc2C(C)C)cc1. The van der Waals surface area contributed by atoms with Gasteiger partial charge in [0.25, 0.3) is 6.01 Å². The second-order valence-corrected chi connectivity index (χ2v) is 5.20. The van der Waals surface area contributed by atoms with Gasteiger partial charge in [-0.15, -0.1) is 0 Å². The first kappa shape index (κ1) is 12.7. The maximum Gasteiger partial charge on any atom is 0.292 e. The van der Waals surface area contributed by atoms with Crippen LogP contribution >= 0.6 is 0 Å². The van der Waals surface area contributed by atoms with Crippen molar-refractivity contribution in [2.75, 3.05) is 5.73 Å². The molecule has 0 spiro atoms. The maximum atomic E-state index is 5.65. The van der Waals surface area contributed by atoms with Crippen molar-refractivity contribution in [1.82, 2.24) is 4.98 Å². The summed E-state index contributed by atoms with van der Waals surface area (Å²) in [5, 5.41) is 0. The molecular formula is C15H20N2O. The fourth-order valence-corrected chi connectivity index (χ4v) is 1.97. The molecule has 0 amide bonds. The van der Waals surface area contributed by atoms with Gasteiger partial charge in [-0.25, -0.2) is 0 Å². The third-order valence-corrected chi connectivity index (χ3v) is 3.05. The summed E-state index contributed by atoms with van der Waals surface area (Å²) in [5.41, 5.74) is 8.89. The van der Waals surface area contributed by atoms with Crippen LogP contribution in [-0.2, 0) is 0 Å². The Morgan fingerprint density at radius 1 is 1.00 bits per heavy atom. The normalized spacial score (nSPS) is 11.4. The Kier molecular flexibility index (Phi) is 3.41. The molecule has 0 saturated carbocycles. The summed E-state index contributed by atoms with van der Waals surface area (Å²) in [5.74, 6) is 1.66. The smallest absolute Gasteiger partial charge is 0.292 e. The Morgan fingerprint density at radius 2 is 1.61 bits per heavy atom. The minimum atomic E-state index is 0.238. The van der Waals surface area contributed by atoms with Gasteiger partial charge in [-0.2, -0.15) is 4.98 Å². The van der Waals surface area contributed by atoms with E-state index in [0.717, 1.165) is 17.0 Å². The quantitative estimate of drug-likeness (QED) is 0.881. The summed E-state index contributed by atoms with van der Waals surface area (Å²) < 4.78 is 5.47. The highest BCUT2D eigenvalue weighted by Crippen LogP contribution is 2.31. The van der Waals surface area contributed by atoms with Crippen LogP contribution in [0.15, 0.2) is 28.7 Å². The molecule has 3 heteroatoms. The Morgan fingerprint density at radius 3 is 2.11 bits per heavy atom. The molecule has 2 rings (SSSR count). The van der Waals surface area contributed by atoms with Crippen molar-refractivity contribution < 1.29 is 4.42 Å². The van der Waals surface area contributed by atoms with Gasteiger partial charge in [0.1, 0.15) is 11.5 Å². The van der Waals surface area contributed by atoms with Gasteiger partial charge in [0, 0.05) is 11.5 Å². The van der Waals surface area contributed by atoms with E-state index in [9.17, 15) is 0 Å². The summed E-state index contributed by atoms with van der Waals surface area (Å²) in [4.78, 5) is 4.29. The van der Waals surface area contributed by atoms with Gasteiger partial charge in [0.15, 0.2) is 0 Å². The molecule has 96 valence electrons. The predicted molar refractivity (Wildman–Crippen MR) is 74.5 cm³/mol.